The normalized spacial score (nSPS) is 18.2. The summed E-state index contributed by atoms with van der Waals surface area (Å²) in [6.45, 7) is 2.85. The molecule has 1 aliphatic carbocycles. The van der Waals surface area contributed by atoms with Crippen LogP contribution in [0.15, 0.2) is 52.9 Å². The van der Waals surface area contributed by atoms with Crippen molar-refractivity contribution in [3.63, 3.8) is 0 Å². The van der Waals surface area contributed by atoms with Crippen LogP contribution < -0.4 is 9.47 Å². The van der Waals surface area contributed by atoms with Gasteiger partial charge in [0.1, 0.15) is 0 Å². The minimum absolute atomic E-state index is 0.115. The summed E-state index contributed by atoms with van der Waals surface area (Å²) in [5.74, 6) is 1.03. The number of rotatable bonds is 11. The molecule has 4 rings (SSSR count). The monoisotopic (exact) mass is 564 g/mol. The molecule has 10 heteroatoms. The van der Waals surface area contributed by atoms with Gasteiger partial charge in [-0.05, 0) is 67.6 Å². The molecule has 0 radical (unpaired) electrons. The number of sulfonamides is 1. The number of thiazole rings is 1. The van der Waals surface area contributed by atoms with Gasteiger partial charge in [0, 0.05) is 29.4 Å². The van der Waals surface area contributed by atoms with E-state index in [1.807, 2.05) is 30.6 Å². The highest BCUT2D eigenvalue weighted by Gasteiger charge is 2.32. The lowest BCUT2D eigenvalue weighted by Crippen LogP contribution is -2.40. The smallest absolute Gasteiger partial charge is 0.243 e. The van der Waals surface area contributed by atoms with Crippen LogP contribution in [-0.4, -0.2) is 49.2 Å². The van der Waals surface area contributed by atoms with Crippen LogP contribution in [0.5, 0.6) is 11.5 Å². The molecule has 37 heavy (non-hydrogen) atoms. The highest BCUT2D eigenvalue weighted by atomic mass is 35.5. The Balaban J connectivity index is 1.54. The first-order chi connectivity index (χ1) is 17.8. The second kappa shape index (κ2) is 12.6. The van der Waals surface area contributed by atoms with E-state index in [4.69, 9.17) is 21.1 Å². The second-order valence-electron chi connectivity index (χ2n) is 9.31. The van der Waals surface area contributed by atoms with Crippen molar-refractivity contribution in [1.82, 2.24) is 9.29 Å². The van der Waals surface area contributed by atoms with E-state index in [0.717, 1.165) is 36.9 Å². The maximum absolute atomic E-state index is 13.7. The van der Waals surface area contributed by atoms with Crippen LogP contribution in [0.4, 0.5) is 0 Å². The van der Waals surface area contributed by atoms with E-state index in [-0.39, 0.29) is 23.9 Å². The van der Waals surface area contributed by atoms with Crippen molar-refractivity contribution in [2.75, 3.05) is 20.3 Å². The zero-order valence-electron chi connectivity index (χ0n) is 21.1. The average molecular weight is 565 g/mol. The number of methoxy groups -OCH3 is 1. The molecule has 1 fully saturated rings. The van der Waals surface area contributed by atoms with Crippen LogP contribution in [0.3, 0.4) is 0 Å². The van der Waals surface area contributed by atoms with Gasteiger partial charge in [-0.3, -0.25) is 0 Å². The summed E-state index contributed by atoms with van der Waals surface area (Å²) in [4.78, 5) is 5.63. The molecule has 0 bridgehead atoms. The Morgan fingerprint density at radius 3 is 2.57 bits per heavy atom. The van der Waals surface area contributed by atoms with Gasteiger partial charge in [0.2, 0.25) is 10.0 Å². The summed E-state index contributed by atoms with van der Waals surface area (Å²) in [5.41, 5.74) is 3.61. The molecule has 3 aromatic rings. The van der Waals surface area contributed by atoms with Crippen molar-refractivity contribution in [1.29, 1.82) is 0 Å². The minimum atomic E-state index is -3.83. The molecular weight excluding hydrogens is 532 g/mol. The molecule has 2 aromatic carbocycles. The quantitative estimate of drug-likeness (QED) is 0.332. The Kier molecular flexibility index (Phi) is 9.47. The van der Waals surface area contributed by atoms with E-state index in [1.54, 1.807) is 30.6 Å². The van der Waals surface area contributed by atoms with Crippen molar-refractivity contribution < 1.29 is 23.0 Å². The van der Waals surface area contributed by atoms with E-state index < -0.39 is 16.1 Å². The summed E-state index contributed by atoms with van der Waals surface area (Å²) in [6, 6.07) is 11.7. The van der Waals surface area contributed by atoms with Crippen LogP contribution in [0.2, 0.25) is 5.02 Å². The average Bonchev–Trinajstić information content (AvgIpc) is 3.30. The Morgan fingerprint density at radius 1 is 1.14 bits per heavy atom. The first kappa shape index (κ1) is 27.9. The van der Waals surface area contributed by atoms with Gasteiger partial charge < -0.3 is 14.6 Å². The number of aromatic nitrogens is 1. The Bertz CT molecular complexity index is 1280. The summed E-state index contributed by atoms with van der Waals surface area (Å²) < 4.78 is 40.3. The van der Waals surface area contributed by atoms with Crippen LogP contribution in [0.1, 0.15) is 41.8 Å². The highest BCUT2D eigenvalue weighted by molar-refractivity contribution is 7.89. The predicted molar refractivity (Wildman–Crippen MR) is 146 cm³/mol. The van der Waals surface area contributed by atoms with Crippen LogP contribution >= 0.6 is 22.9 Å². The molecule has 1 heterocycles. The van der Waals surface area contributed by atoms with Gasteiger partial charge in [-0.2, -0.15) is 4.31 Å². The topological polar surface area (TPSA) is 89.0 Å². The van der Waals surface area contributed by atoms with Gasteiger partial charge in [0.15, 0.2) is 11.5 Å². The van der Waals surface area contributed by atoms with Gasteiger partial charge in [-0.25, -0.2) is 13.4 Å². The van der Waals surface area contributed by atoms with Gasteiger partial charge in [-0.15, -0.1) is 11.3 Å². The molecule has 0 saturated heterocycles. The van der Waals surface area contributed by atoms with Crippen LogP contribution in [0.25, 0.3) is 0 Å². The van der Waals surface area contributed by atoms with E-state index in [1.165, 1.54) is 21.3 Å². The summed E-state index contributed by atoms with van der Waals surface area (Å²) in [6.07, 6.45) is 3.67. The van der Waals surface area contributed by atoms with Crippen molar-refractivity contribution in [2.24, 2.45) is 5.92 Å². The maximum atomic E-state index is 13.7. The molecule has 0 spiro atoms. The summed E-state index contributed by atoms with van der Waals surface area (Å²) in [5, 5.41) is 11.0. The lowest BCUT2D eigenvalue weighted by molar-refractivity contribution is 0.0588. The lowest BCUT2D eigenvalue weighted by Gasteiger charge is -2.32. The number of ether oxygens (including phenoxy) is 2. The molecule has 1 saturated carbocycles. The fourth-order valence-electron chi connectivity index (χ4n) is 4.62. The summed E-state index contributed by atoms with van der Waals surface area (Å²) >= 11 is 7.61. The number of benzene rings is 2. The number of hydrogen-bond acceptors (Lipinski definition) is 7. The summed E-state index contributed by atoms with van der Waals surface area (Å²) in [7, 11) is -2.26. The Morgan fingerprint density at radius 2 is 1.89 bits per heavy atom. The van der Waals surface area contributed by atoms with Crippen LogP contribution in [0, 0.1) is 12.8 Å². The lowest BCUT2D eigenvalue weighted by atomic mass is 9.86. The predicted octanol–water partition coefficient (Wildman–Crippen LogP) is 5.48. The molecule has 0 unspecified atom stereocenters. The standard InChI is InChI=1S/C27H33ClN2O5S2/c1-19-27(36-18-29-19)13-14-35-25-12-7-20(15-26(25)34-2)16-30(17-21-5-3-4-6-24(21)31)37(32,33)23-10-8-22(28)9-11-23/h7-12,15,18,21,24,31H,3-6,13-14,16-17H2,1-2H3/t21-,24+/m1/s1. The number of aliphatic hydroxyl groups is 1. The molecule has 200 valence electrons. The number of halogens is 1. The number of aliphatic hydroxyl groups excluding tert-OH is 1. The van der Waals surface area contributed by atoms with E-state index >= 15 is 0 Å². The molecule has 0 amide bonds. The third-order valence-corrected chi connectivity index (χ3v) is 9.85. The first-order valence-electron chi connectivity index (χ1n) is 12.4. The van der Waals surface area contributed by atoms with E-state index in [9.17, 15) is 13.5 Å². The largest absolute Gasteiger partial charge is 0.493 e. The minimum Gasteiger partial charge on any atom is -0.493 e. The van der Waals surface area contributed by atoms with Crippen molar-refractivity contribution in [3.05, 3.63) is 69.1 Å². The van der Waals surface area contributed by atoms with Crippen molar-refractivity contribution in [3.8, 4) is 11.5 Å². The second-order valence-corrected chi connectivity index (χ2v) is 12.6. The third-order valence-electron chi connectivity index (χ3n) is 6.78. The van der Waals surface area contributed by atoms with Crippen LogP contribution in [-0.2, 0) is 23.0 Å². The van der Waals surface area contributed by atoms with Gasteiger partial charge in [0.25, 0.3) is 0 Å². The third kappa shape index (κ3) is 7.03. The SMILES string of the molecule is COc1cc(CN(C[C@H]2CCCC[C@@H]2O)S(=O)(=O)c2ccc(Cl)cc2)ccc1OCCc1scnc1C. The van der Waals surface area contributed by atoms with Gasteiger partial charge in [0.05, 0.1) is 35.9 Å². The Hall–Kier alpha value is -2.17. The molecule has 2 atom stereocenters. The number of nitrogens with zero attached hydrogens (tertiary/aromatic N) is 2. The van der Waals surface area contributed by atoms with E-state index in [2.05, 4.69) is 4.98 Å². The molecule has 1 aliphatic rings. The maximum Gasteiger partial charge on any atom is 0.243 e. The van der Waals surface area contributed by atoms with E-state index in [0.29, 0.717) is 29.5 Å². The van der Waals surface area contributed by atoms with Gasteiger partial charge >= 0.3 is 0 Å². The number of aryl methyl sites for hydroxylation is 1. The van der Waals surface area contributed by atoms with Gasteiger partial charge in [-0.1, -0.05) is 30.5 Å². The molecule has 7 nitrogen and oxygen atoms in total. The first-order valence-corrected chi connectivity index (χ1v) is 15.1. The van der Waals surface area contributed by atoms with Crippen molar-refractivity contribution >= 4 is 33.0 Å². The fraction of sp³-hybridized carbons (Fsp3) is 0.444. The highest BCUT2D eigenvalue weighted by Crippen LogP contribution is 2.32. The fourth-order valence-corrected chi connectivity index (χ4v) is 6.99. The molecule has 0 aliphatic heterocycles. The number of hydrogen-bond donors (Lipinski definition) is 1. The zero-order chi connectivity index (χ0) is 26.4. The molecular formula is C27H33ClN2O5S2. The Labute approximate surface area is 228 Å². The zero-order valence-corrected chi connectivity index (χ0v) is 23.5. The molecule has 1 aromatic heterocycles. The van der Waals surface area contributed by atoms with Crippen molar-refractivity contribution in [2.45, 2.75) is 56.6 Å². The molecule has 1 N–H and O–H groups in total.